The van der Waals surface area contributed by atoms with Crippen molar-refractivity contribution in [1.29, 1.82) is 0 Å². The van der Waals surface area contributed by atoms with Crippen molar-refractivity contribution in [3.63, 3.8) is 0 Å². The molecule has 0 aromatic rings. The molecule has 0 aromatic carbocycles. The van der Waals surface area contributed by atoms with Gasteiger partial charge in [-0.15, -0.1) is 0 Å². The van der Waals surface area contributed by atoms with Gasteiger partial charge in [0.2, 0.25) is 0 Å². The number of hydrazone groups is 1. The molecule has 1 amide bonds. The molecule has 0 bridgehead atoms. The molecule has 0 radical (unpaired) electrons. The number of rotatable bonds is 1. The lowest BCUT2D eigenvalue weighted by atomic mass is 9.92. The summed E-state index contributed by atoms with van der Waals surface area (Å²) >= 11 is 0. The minimum atomic E-state index is -1.11. The van der Waals surface area contributed by atoms with Crippen LogP contribution in [0.4, 0.5) is 0 Å². The molecular weight excluding hydrogens is 198 g/mol. The van der Waals surface area contributed by atoms with Crippen molar-refractivity contribution >= 4 is 23.4 Å². The first-order valence-corrected chi connectivity index (χ1v) is 4.37. The molecule has 6 heteroatoms. The number of carboxylic acid groups (broad SMARTS) is 1. The number of dihydropyridines is 1. The third-order valence-electron chi connectivity index (χ3n) is 2.38. The molecule has 0 aliphatic carbocycles. The second-order valence-corrected chi connectivity index (χ2v) is 3.41. The van der Waals surface area contributed by atoms with Crippen LogP contribution in [0.15, 0.2) is 21.7 Å². The molecule has 15 heavy (non-hydrogen) atoms. The molecule has 1 N–H and O–H groups in total. The monoisotopic (exact) mass is 207 g/mol. The lowest BCUT2D eigenvalue weighted by Crippen LogP contribution is -2.32. The second-order valence-electron chi connectivity index (χ2n) is 3.41. The van der Waals surface area contributed by atoms with E-state index in [1.54, 1.807) is 14.0 Å². The van der Waals surface area contributed by atoms with Gasteiger partial charge < -0.3 is 5.11 Å². The highest BCUT2D eigenvalue weighted by molar-refractivity contribution is 6.22. The minimum absolute atomic E-state index is 0.0376. The highest BCUT2D eigenvalue weighted by atomic mass is 16.4. The fourth-order valence-corrected chi connectivity index (χ4v) is 1.77. The van der Waals surface area contributed by atoms with Gasteiger partial charge in [0.05, 0.1) is 17.2 Å². The summed E-state index contributed by atoms with van der Waals surface area (Å²) in [5.74, 6) is -1.75. The highest BCUT2D eigenvalue weighted by Gasteiger charge is 2.38. The summed E-state index contributed by atoms with van der Waals surface area (Å²) in [7, 11) is 1.64. The number of nitrogens with zero attached hydrogens (tertiary/aromatic N) is 3. The van der Waals surface area contributed by atoms with E-state index in [0.29, 0.717) is 11.5 Å². The maximum absolute atomic E-state index is 11.2. The van der Waals surface area contributed by atoms with Crippen molar-refractivity contribution in [2.75, 3.05) is 7.05 Å². The Kier molecular flexibility index (Phi) is 1.92. The second kappa shape index (κ2) is 3.01. The first kappa shape index (κ1) is 9.57. The molecular formula is C9H9N3O3. The van der Waals surface area contributed by atoms with E-state index >= 15 is 0 Å². The number of aliphatic carboxylic acids is 1. The van der Waals surface area contributed by atoms with Crippen molar-refractivity contribution in [3.05, 3.63) is 11.6 Å². The van der Waals surface area contributed by atoms with E-state index in [2.05, 4.69) is 10.1 Å². The number of amidine groups is 1. The number of hydrogen-bond acceptors (Lipinski definition) is 4. The Morgan fingerprint density at radius 1 is 1.60 bits per heavy atom. The third kappa shape index (κ3) is 1.34. The van der Waals surface area contributed by atoms with Crippen LogP contribution in [0.25, 0.3) is 0 Å². The fraction of sp³-hybridized carbons (Fsp3) is 0.333. The molecule has 2 aliphatic heterocycles. The van der Waals surface area contributed by atoms with Gasteiger partial charge in [-0.3, -0.25) is 9.80 Å². The number of carbonyl (C=O) groups is 2. The number of carbonyl (C=O) groups excluding carboxylic acids is 1. The molecule has 1 atom stereocenters. The van der Waals surface area contributed by atoms with E-state index in [9.17, 15) is 9.59 Å². The molecule has 2 aliphatic rings. The van der Waals surface area contributed by atoms with Crippen LogP contribution in [-0.2, 0) is 9.59 Å². The quantitative estimate of drug-likeness (QED) is 0.649. The van der Waals surface area contributed by atoms with Crippen molar-refractivity contribution in [2.24, 2.45) is 16.0 Å². The van der Waals surface area contributed by atoms with Crippen LogP contribution in [0.1, 0.15) is 6.92 Å². The van der Waals surface area contributed by atoms with Crippen LogP contribution in [0, 0.1) is 5.92 Å². The van der Waals surface area contributed by atoms with Crippen LogP contribution in [0.2, 0.25) is 0 Å². The van der Waals surface area contributed by atoms with Crippen molar-refractivity contribution < 1.29 is 14.7 Å². The van der Waals surface area contributed by atoms with Gasteiger partial charge in [-0.05, 0) is 6.92 Å². The summed E-state index contributed by atoms with van der Waals surface area (Å²) in [5, 5.41) is 14.5. The Morgan fingerprint density at radius 2 is 2.27 bits per heavy atom. The number of fused-ring (bicyclic) bond motifs is 1. The van der Waals surface area contributed by atoms with Crippen LogP contribution in [0.5, 0.6) is 0 Å². The average molecular weight is 207 g/mol. The van der Waals surface area contributed by atoms with Gasteiger partial charge in [0.1, 0.15) is 5.84 Å². The average Bonchev–Trinajstić information content (AvgIpc) is 2.41. The molecule has 0 saturated heterocycles. The normalized spacial score (nSPS) is 24.4. The van der Waals surface area contributed by atoms with Crippen molar-refractivity contribution in [1.82, 2.24) is 5.01 Å². The zero-order valence-electron chi connectivity index (χ0n) is 8.26. The maximum atomic E-state index is 11.2. The molecule has 0 spiro atoms. The highest BCUT2D eigenvalue weighted by Crippen LogP contribution is 2.26. The van der Waals surface area contributed by atoms with E-state index in [4.69, 9.17) is 5.11 Å². The zero-order chi connectivity index (χ0) is 11.2. The zero-order valence-corrected chi connectivity index (χ0v) is 8.26. The molecule has 0 saturated carbocycles. The number of aliphatic imine (C=N–C) groups is 1. The van der Waals surface area contributed by atoms with Crippen LogP contribution < -0.4 is 0 Å². The summed E-state index contributed by atoms with van der Waals surface area (Å²) in [6, 6.07) is 0. The Hall–Kier alpha value is -1.98. The van der Waals surface area contributed by atoms with E-state index in [-0.39, 0.29) is 5.57 Å². The Balaban J connectivity index is 2.50. The van der Waals surface area contributed by atoms with Gasteiger partial charge in [0, 0.05) is 13.1 Å². The number of carboxylic acids is 1. The molecule has 2 heterocycles. The van der Waals surface area contributed by atoms with Crippen LogP contribution in [-0.4, -0.2) is 40.6 Å². The maximum Gasteiger partial charge on any atom is 0.332 e. The van der Waals surface area contributed by atoms with Gasteiger partial charge >= 0.3 is 5.97 Å². The van der Waals surface area contributed by atoms with E-state index < -0.39 is 17.8 Å². The fourth-order valence-electron chi connectivity index (χ4n) is 1.77. The van der Waals surface area contributed by atoms with Gasteiger partial charge in [-0.1, -0.05) is 0 Å². The lowest BCUT2D eigenvalue weighted by Gasteiger charge is -2.18. The number of hydrogen-bond donors (Lipinski definition) is 1. The van der Waals surface area contributed by atoms with E-state index in [1.807, 2.05) is 0 Å². The molecule has 2 rings (SSSR count). The summed E-state index contributed by atoms with van der Waals surface area (Å²) in [5.41, 5.74) is 0.674. The Labute approximate surface area is 85.6 Å². The summed E-state index contributed by atoms with van der Waals surface area (Å²) in [4.78, 5) is 25.9. The molecule has 6 nitrogen and oxygen atoms in total. The standard InChI is InChI=1S/C9H9N3O3/c1-4-7-5(9(14)15)3-6(13)10-8(7)12(2)11-4/h3,7H,1-2H3,(H,14,15). The first-order chi connectivity index (χ1) is 7.00. The molecule has 0 fully saturated rings. The largest absolute Gasteiger partial charge is 0.478 e. The third-order valence-corrected chi connectivity index (χ3v) is 2.38. The predicted octanol–water partition coefficient (Wildman–Crippen LogP) is -0.126. The molecule has 78 valence electrons. The summed E-state index contributed by atoms with van der Waals surface area (Å²) in [6.45, 7) is 1.72. The van der Waals surface area contributed by atoms with Crippen molar-refractivity contribution in [2.45, 2.75) is 6.92 Å². The lowest BCUT2D eigenvalue weighted by molar-refractivity contribution is -0.133. The van der Waals surface area contributed by atoms with Crippen LogP contribution >= 0.6 is 0 Å². The smallest absolute Gasteiger partial charge is 0.332 e. The van der Waals surface area contributed by atoms with E-state index in [0.717, 1.165) is 6.08 Å². The Bertz CT molecular complexity index is 448. The van der Waals surface area contributed by atoms with Crippen molar-refractivity contribution in [3.8, 4) is 0 Å². The predicted molar refractivity (Wildman–Crippen MR) is 52.5 cm³/mol. The van der Waals surface area contributed by atoms with Gasteiger partial charge in [0.25, 0.3) is 5.91 Å². The molecule has 0 aromatic heterocycles. The van der Waals surface area contributed by atoms with Gasteiger partial charge in [-0.2, -0.15) is 10.1 Å². The topological polar surface area (TPSA) is 82.3 Å². The first-order valence-electron chi connectivity index (χ1n) is 4.37. The van der Waals surface area contributed by atoms with Gasteiger partial charge in [-0.25, -0.2) is 4.79 Å². The minimum Gasteiger partial charge on any atom is -0.478 e. The number of amides is 1. The van der Waals surface area contributed by atoms with Gasteiger partial charge in [0.15, 0.2) is 0 Å². The Morgan fingerprint density at radius 3 is 2.87 bits per heavy atom. The molecule has 1 unspecified atom stereocenters. The van der Waals surface area contributed by atoms with Crippen LogP contribution in [0.3, 0.4) is 0 Å². The SMILES string of the molecule is CC1=NN(C)C2=NC(=O)C=C(C(=O)O)C12. The van der Waals surface area contributed by atoms with E-state index in [1.165, 1.54) is 5.01 Å². The summed E-state index contributed by atoms with van der Waals surface area (Å²) in [6.07, 6.45) is 1.05. The summed E-state index contributed by atoms with van der Waals surface area (Å²) < 4.78 is 0.